The summed E-state index contributed by atoms with van der Waals surface area (Å²) in [6, 6.07) is 7.51. The molecule has 0 atom stereocenters. The van der Waals surface area contributed by atoms with Crippen LogP contribution in [0.2, 0.25) is 0 Å². The number of hydrogen-bond donors (Lipinski definition) is 2. The number of methoxy groups -OCH3 is 1. The van der Waals surface area contributed by atoms with E-state index < -0.39 is 0 Å². The predicted octanol–water partition coefficient (Wildman–Crippen LogP) is 2.03. The average Bonchev–Trinajstić information content (AvgIpc) is 2.43. The van der Waals surface area contributed by atoms with Crippen molar-refractivity contribution in [2.24, 2.45) is 0 Å². The number of nitrogens with zero attached hydrogens (tertiary/aromatic N) is 1. The van der Waals surface area contributed by atoms with Crippen LogP contribution in [-0.4, -0.2) is 22.2 Å². The summed E-state index contributed by atoms with van der Waals surface area (Å²) >= 11 is 0. The van der Waals surface area contributed by atoms with Gasteiger partial charge in [-0.2, -0.15) is 4.98 Å². The number of rotatable bonds is 5. The summed E-state index contributed by atoms with van der Waals surface area (Å²) in [5.74, 6) is 1.02. The summed E-state index contributed by atoms with van der Waals surface area (Å²) < 4.78 is 5.15. The molecule has 0 spiro atoms. The molecule has 5 nitrogen and oxygen atoms in total. The first-order chi connectivity index (χ1) is 9.63. The SMILES string of the molecule is CCCc1c(O)nc(Cc2cccc(OC)c2)[nH]c1=O. The van der Waals surface area contributed by atoms with Gasteiger partial charge < -0.3 is 14.8 Å². The van der Waals surface area contributed by atoms with Gasteiger partial charge in [0, 0.05) is 6.42 Å². The van der Waals surface area contributed by atoms with Gasteiger partial charge in [-0.1, -0.05) is 25.5 Å². The highest BCUT2D eigenvalue weighted by atomic mass is 16.5. The lowest BCUT2D eigenvalue weighted by Gasteiger charge is -2.06. The third-order valence-corrected chi connectivity index (χ3v) is 3.05. The highest BCUT2D eigenvalue weighted by molar-refractivity contribution is 5.31. The van der Waals surface area contributed by atoms with Gasteiger partial charge >= 0.3 is 0 Å². The summed E-state index contributed by atoms with van der Waals surface area (Å²) in [6.45, 7) is 1.95. The van der Waals surface area contributed by atoms with E-state index in [0.717, 1.165) is 17.7 Å². The van der Waals surface area contributed by atoms with Crippen LogP contribution in [0.1, 0.15) is 30.3 Å². The van der Waals surface area contributed by atoms with Gasteiger partial charge in [-0.3, -0.25) is 4.79 Å². The zero-order chi connectivity index (χ0) is 14.5. The number of ether oxygens (including phenoxy) is 1. The fourth-order valence-electron chi connectivity index (χ4n) is 2.07. The molecule has 0 saturated heterocycles. The molecule has 20 heavy (non-hydrogen) atoms. The Balaban J connectivity index is 2.28. The van der Waals surface area contributed by atoms with E-state index in [1.54, 1.807) is 7.11 Å². The van der Waals surface area contributed by atoms with E-state index >= 15 is 0 Å². The Bertz CT molecular complexity index is 650. The van der Waals surface area contributed by atoms with Crippen molar-refractivity contribution in [3.63, 3.8) is 0 Å². The molecule has 1 aromatic heterocycles. The predicted molar refractivity (Wildman–Crippen MR) is 76.3 cm³/mol. The quantitative estimate of drug-likeness (QED) is 0.874. The van der Waals surface area contributed by atoms with E-state index in [9.17, 15) is 9.90 Å². The Morgan fingerprint density at radius 2 is 2.20 bits per heavy atom. The summed E-state index contributed by atoms with van der Waals surface area (Å²) in [4.78, 5) is 18.7. The van der Waals surface area contributed by atoms with E-state index in [1.165, 1.54) is 0 Å². The van der Waals surface area contributed by atoms with Crippen LogP contribution in [0.3, 0.4) is 0 Å². The summed E-state index contributed by atoms with van der Waals surface area (Å²) in [6.07, 6.45) is 1.74. The first-order valence-corrected chi connectivity index (χ1v) is 6.58. The Morgan fingerprint density at radius 1 is 1.40 bits per heavy atom. The third-order valence-electron chi connectivity index (χ3n) is 3.05. The van der Waals surface area contributed by atoms with Crippen molar-refractivity contribution in [1.82, 2.24) is 9.97 Å². The highest BCUT2D eigenvalue weighted by Gasteiger charge is 2.10. The Hall–Kier alpha value is -2.30. The van der Waals surface area contributed by atoms with Crippen molar-refractivity contribution in [1.29, 1.82) is 0 Å². The lowest BCUT2D eigenvalue weighted by molar-refractivity contribution is 0.414. The topological polar surface area (TPSA) is 75.2 Å². The minimum Gasteiger partial charge on any atom is -0.497 e. The zero-order valence-corrected chi connectivity index (χ0v) is 11.6. The molecule has 1 heterocycles. The fraction of sp³-hybridized carbons (Fsp3) is 0.333. The lowest BCUT2D eigenvalue weighted by Crippen LogP contribution is -2.17. The maximum Gasteiger partial charge on any atom is 0.257 e. The molecule has 2 N–H and O–H groups in total. The normalized spacial score (nSPS) is 10.5. The van der Waals surface area contributed by atoms with Crippen LogP contribution in [0, 0.1) is 0 Å². The molecular weight excluding hydrogens is 256 g/mol. The van der Waals surface area contributed by atoms with E-state index in [1.807, 2.05) is 31.2 Å². The molecular formula is C15H18N2O3. The minimum atomic E-state index is -0.266. The molecule has 0 amide bonds. The average molecular weight is 274 g/mol. The van der Waals surface area contributed by atoms with Crippen LogP contribution >= 0.6 is 0 Å². The van der Waals surface area contributed by atoms with Gasteiger partial charge in [0.2, 0.25) is 5.88 Å². The second kappa shape index (κ2) is 6.23. The first kappa shape index (κ1) is 14.1. The zero-order valence-electron chi connectivity index (χ0n) is 11.6. The third kappa shape index (κ3) is 3.17. The lowest BCUT2D eigenvalue weighted by atomic mass is 10.1. The second-order valence-corrected chi connectivity index (χ2v) is 4.59. The van der Waals surface area contributed by atoms with Crippen LogP contribution < -0.4 is 10.3 Å². The Kier molecular flexibility index (Phi) is 4.40. The van der Waals surface area contributed by atoms with Crippen LogP contribution in [-0.2, 0) is 12.8 Å². The van der Waals surface area contributed by atoms with Crippen molar-refractivity contribution < 1.29 is 9.84 Å². The van der Waals surface area contributed by atoms with E-state index in [2.05, 4.69) is 9.97 Å². The fourth-order valence-corrected chi connectivity index (χ4v) is 2.07. The van der Waals surface area contributed by atoms with Gasteiger partial charge in [-0.15, -0.1) is 0 Å². The van der Waals surface area contributed by atoms with Crippen molar-refractivity contribution in [2.75, 3.05) is 7.11 Å². The van der Waals surface area contributed by atoms with Crippen molar-refractivity contribution >= 4 is 0 Å². The molecule has 0 bridgehead atoms. The smallest absolute Gasteiger partial charge is 0.257 e. The van der Waals surface area contributed by atoms with Gasteiger partial charge in [0.25, 0.3) is 5.56 Å². The van der Waals surface area contributed by atoms with Gasteiger partial charge in [-0.25, -0.2) is 0 Å². The van der Waals surface area contributed by atoms with Gasteiger partial charge in [-0.05, 0) is 24.1 Å². The van der Waals surface area contributed by atoms with E-state index in [4.69, 9.17) is 4.74 Å². The molecule has 2 rings (SSSR count). The number of aromatic nitrogens is 2. The number of nitrogens with one attached hydrogen (secondary N) is 1. The molecule has 0 saturated carbocycles. The minimum absolute atomic E-state index is 0.173. The summed E-state index contributed by atoms with van der Waals surface area (Å²) in [5.41, 5.74) is 1.04. The number of benzene rings is 1. The Labute approximate surface area is 117 Å². The monoisotopic (exact) mass is 274 g/mol. The van der Waals surface area contributed by atoms with Crippen molar-refractivity contribution in [3.05, 3.63) is 51.6 Å². The van der Waals surface area contributed by atoms with Crippen LogP contribution in [0.5, 0.6) is 11.6 Å². The van der Waals surface area contributed by atoms with Crippen molar-refractivity contribution in [3.8, 4) is 11.6 Å². The standard InChI is InChI=1S/C15H18N2O3/c1-3-5-12-14(18)16-13(17-15(12)19)9-10-6-4-7-11(8-10)20-2/h4,6-8H,3,5,9H2,1-2H3,(H2,16,17,18,19). The molecule has 1 aromatic carbocycles. The number of H-pyrrole nitrogens is 1. The van der Waals surface area contributed by atoms with Crippen LogP contribution in [0.15, 0.2) is 29.1 Å². The molecule has 2 aromatic rings. The largest absolute Gasteiger partial charge is 0.497 e. The number of aromatic hydroxyl groups is 1. The van der Waals surface area contributed by atoms with Gasteiger partial charge in [0.15, 0.2) is 0 Å². The van der Waals surface area contributed by atoms with Crippen LogP contribution in [0.4, 0.5) is 0 Å². The first-order valence-electron chi connectivity index (χ1n) is 6.58. The van der Waals surface area contributed by atoms with Crippen molar-refractivity contribution in [2.45, 2.75) is 26.2 Å². The second-order valence-electron chi connectivity index (χ2n) is 4.59. The molecule has 0 aliphatic heterocycles. The highest BCUT2D eigenvalue weighted by Crippen LogP contribution is 2.16. The molecule has 0 unspecified atom stereocenters. The number of hydrogen-bond acceptors (Lipinski definition) is 4. The molecule has 0 aliphatic rings. The van der Waals surface area contributed by atoms with E-state index in [-0.39, 0.29) is 11.4 Å². The molecule has 0 aliphatic carbocycles. The van der Waals surface area contributed by atoms with Crippen LogP contribution in [0.25, 0.3) is 0 Å². The Morgan fingerprint density at radius 3 is 2.85 bits per heavy atom. The summed E-state index contributed by atoms with van der Waals surface area (Å²) in [5, 5.41) is 9.83. The maximum atomic E-state index is 11.9. The maximum absolute atomic E-state index is 11.9. The number of aromatic amines is 1. The van der Waals surface area contributed by atoms with E-state index in [0.29, 0.717) is 24.2 Å². The molecule has 106 valence electrons. The van der Waals surface area contributed by atoms with Gasteiger partial charge in [0.1, 0.15) is 11.6 Å². The molecule has 0 fully saturated rings. The van der Waals surface area contributed by atoms with Gasteiger partial charge in [0.05, 0.1) is 12.7 Å². The summed E-state index contributed by atoms with van der Waals surface area (Å²) in [7, 11) is 1.60. The molecule has 0 radical (unpaired) electrons. The molecule has 5 heteroatoms.